The van der Waals surface area contributed by atoms with Gasteiger partial charge in [-0.05, 0) is 37.1 Å². The van der Waals surface area contributed by atoms with E-state index in [9.17, 15) is 8.42 Å². The van der Waals surface area contributed by atoms with Gasteiger partial charge in [-0.3, -0.25) is 0 Å². The number of fused-ring (bicyclic) bond motifs is 1. The molecule has 3 rings (SSSR count). The molecule has 0 N–H and O–H groups in total. The molecule has 1 aromatic rings. The molecule has 1 saturated heterocycles. The Labute approximate surface area is 120 Å². The van der Waals surface area contributed by atoms with Gasteiger partial charge in [-0.1, -0.05) is 12.8 Å². The molecule has 1 aromatic carbocycles. The lowest BCUT2D eigenvalue weighted by Gasteiger charge is -2.45. The lowest BCUT2D eigenvalue weighted by atomic mass is 9.90. The minimum atomic E-state index is -3.12. The van der Waals surface area contributed by atoms with Gasteiger partial charge in [0.05, 0.1) is 23.6 Å². The van der Waals surface area contributed by atoms with E-state index in [0.717, 1.165) is 25.3 Å². The van der Waals surface area contributed by atoms with E-state index in [2.05, 4.69) is 4.90 Å². The summed E-state index contributed by atoms with van der Waals surface area (Å²) in [6, 6.07) is 7.71. The van der Waals surface area contributed by atoms with E-state index < -0.39 is 9.84 Å². The summed E-state index contributed by atoms with van der Waals surface area (Å²) in [5.74, 6) is 0. The summed E-state index contributed by atoms with van der Waals surface area (Å²) in [6.45, 7) is 1.65. The Balaban J connectivity index is 1.84. The summed E-state index contributed by atoms with van der Waals surface area (Å²) < 4.78 is 28.9. The average Bonchev–Trinajstić information content (AvgIpc) is 2.46. The number of ether oxygens (including phenoxy) is 1. The van der Waals surface area contributed by atoms with E-state index in [4.69, 9.17) is 4.74 Å². The maximum atomic E-state index is 11.5. The van der Waals surface area contributed by atoms with E-state index in [-0.39, 0.29) is 0 Å². The first-order valence-corrected chi connectivity index (χ1v) is 9.13. The Kier molecular flexibility index (Phi) is 3.73. The molecule has 0 radical (unpaired) electrons. The van der Waals surface area contributed by atoms with Crippen LogP contribution in [-0.4, -0.2) is 40.0 Å². The fraction of sp³-hybridized carbons (Fsp3) is 0.600. The molecule has 20 heavy (non-hydrogen) atoms. The lowest BCUT2D eigenvalue weighted by Crippen LogP contribution is -2.52. The van der Waals surface area contributed by atoms with E-state index in [1.807, 2.05) is 12.1 Å². The van der Waals surface area contributed by atoms with Gasteiger partial charge in [0.15, 0.2) is 9.84 Å². The highest BCUT2D eigenvalue weighted by molar-refractivity contribution is 7.90. The Hall–Kier alpha value is -1.07. The van der Waals surface area contributed by atoms with Crippen LogP contribution in [0.5, 0.6) is 0 Å². The summed E-state index contributed by atoms with van der Waals surface area (Å²) in [4.78, 5) is 2.77. The molecular formula is C15H21NO3S. The second-order valence-corrected chi connectivity index (χ2v) is 7.74. The molecule has 0 bridgehead atoms. The Morgan fingerprint density at radius 2 is 1.85 bits per heavy atom. The fourth-order valence-electron chi connectivity index (χ4n) is 3.30. The smallest absolute Gasteiger partial charge is 0.175 e. The summed E-state index contributed by atoms with van der Waals surface area (Å²) in [7, 11) is -3.12. The summed E-state index contributed by atoms with van der Waals surface area (Å²) in [5.41, 5.74) is 1.11. The third-order valence-electron chi connectivity index (χ3n) is 4.33. The van der Waals surface area contributed by atoms with Crippen molar-refractivity contribution in [2.45, 2.75) is 42.7 Å². The first-order valence-electron chi connectivity index (χ1n) is 7.24. The molecule has 0 unspecified atom stereocenters. The van der Waals surface area contributed by atoms with Gasteiger partial charge >= 0.3 is 0 Å². The SMILES string of the molecule is CS(=O)(=O)c1ccc(N2CCO[C@H]3CCCC[C@@H]32)cc1. The van der Waals surface area contributed by atoms with Gasteiger partial charge in [0.1, 0.15) is 0 Å². The molecule has 2 atom stereocenters. The van der Waals surface area contributed by atoms with Gasteiger partial charge < -0.3 is 9.64 Å². The minimum absolute atomic E-state index is 0.340. The van der Waals surface area contributed by atoms with Crippen molar-refractivity contribution in [3.63, 3.8) is 0 Å². The van der Waals surface area contributed by atoms with Crippen molar-refractivity contribution in [3.05, 3.63) is 24.3 Å². The van der Waals surface area contributed by atoms with Crippen LogP contribution in [0.15, 0.2) is 29.2 Å². The molecule has 110 valence electrons. The van der Waals surface area contributed by atoms with Crippen LogP contribution in [-0.2, 0) is 14.6 Å². The highest BCUT2D eigenvalue weighted by atomic mass is 32.2. The first-order chi connectivity index (χ1) is 9.55. The summed E-state index contributed by atoms with van der Waals surface area (Å²) in [5, 5.41) is 0. The number of morpholine rings is 1. The topological polar surface area (TPSA) is 46.6 Å². The van der Waals surface area contributed by atoms with E-state index >= 15 is 0 Å². The van der Waals surface area contributed by atoms with Crippen molar-refractivity contribution < 1.29 is 13.2 Å². The molecule has 2 fully saturated rings. The van der Waals surface area contributed by atoms with E-state index in [1.165, 1.54) is 25.5 Å². The normalized spacial score (nSPS) is 27.1. The quantitative estimate of drug-likeness (QED) is 0.839. The molecule has 1 aliphatic carbocycles. The summed E-state index contributed by atoms with van der Waals surface area (Å²) >= 11 is 0. The van der Waals surface area contributed by atoms with Crippen molar-refractivity contribution in [3.8, 4) is 0 Å². The Bertz CT molecular complexity index is 565. The van der Waals surface area contributed by atoms with Gasteiger partial charge in [-0.15, -0.1) is 0 Å². The Morgan fingerprint density at radius 1 is 1.15 bits per heavy atom. The van der Waals surface area contributed by atoms with Gasteiger partial charge in [0.2, 0.25) is 0 Å². The molecule has 2 aliphatic rings. The number of anilines is 1. The predicted molar refractivity (Wildman–Crippen MR) is 78.9 cm³/mol. The molecule has 0 spiro atoms. The molecule has 4 nitrogen and oxygen atoms in total. The molecule has 1 heterocycles. The predicted octanol–water partition coefficient (Wildman–Crippen LogP) is 2.24. The third-order valence-corrected chi connectivity index (χ3v) is 5.46. The second kappa shape index (κ2) is 5.37. The zero-order valence-electron chi connectivity index (χ0n) is 11.8. The second-order valence-electron chi connectivity index (χ2n) is 5.72. The van der Waals surface area contributed by atoms with Gasteiger partial charge in [-0.2, -0.15) is 0 Å². The number of rotatable bonds is 2. The van der Waals surface area contributed by atoms with Crippen molar-refractivity contribution in [1.29, 1.82) is 0 Å². The van der Waals surface area contributed by atoms with E-state index in [0.29, 0.717) is 17.0 Å². The molecule has 0 aromatic heterocycles. The lowest BCUT2D eigenvalue weighted by molar-refractivity contribution is -0.00868. The minimum Gasteiger partial charge on any atom is -0.374 e. The fourth-order valence-corrected chi connectivity index (χ4v) is 3.93. The molecule has 1 aliphatic heterocycles. The van der Waals surface area contributed by atoms with Crippen LogP contribution in [0, 0.1) is 0 Å². The van der Waals surface area contributed by atoms with E-state index in [1.54, 1.807) is 12.1 Å². The van der Waals surface area contributed by atoms with Crippen LogP contribution in [0.4, 0.5) is 5.69 Å². The van der Waals surface area contributed by atoms with Gasteiger partial charge in [-0.25, -0.2) is 8.42 Å². The number of hydrogen-bond donors (Lipinski definition) is 0. The van der Waals surface area contributed by atoms with Crippen LogP contribution < -0.4 is 4.90 Å². The van der Waals surface area contributed by atoms with Crippen LogP contribution >= 0.6 is 0 Å². The molecule has 1 saturated carbocycles. The van der Waals surface area contributed by atoms with Crippen molar-refractivity contribution in [1.82, 2.24) is 0 Å². The largest absolute Gasteiger partial charge is 0.374 e. The Morgan fingerprint density at radius 3 is 2.55 bits per heavy atom. The first kappa shape index (κ1) is 13.9. The van der Waals surface area contributed by atoms with Crippen LogP contribution in [0.1, 0.15) is 25.7 Å². The standard InChI is InChI=1S/C15H21NO3S/c1-20(17,18)13-8-6-12(7-9-13)16-10-11-19-15-5-3-2-4-14(15)16/h6-9,14-15H,2-5,10-11H2,1H3/t14-,15-/m0/s1. The monoisotopic (exact) mass is 295 g/mol. The number of sulfone groups is 1. The molecule has 5 heteroatoms. The molecular weight excluding hydrogens is 274 g/mol. The van der Waals surface area contributed by atoms with Crippen LogP contribution in [0.3, 0.4) is 0 Å². The number of benzene rings is 1. The van der Waals surface area contributed by atoms with Crippen molar-refractivity contribution in [2.75, 3.05) is 24.3 Å². The summed E-state index contributed by atoms with van der Waals surface area (Å²) in [6.07, 6.45) is 6.39. The number of nitrogens with zero attached hydrogens (tertiary/aromatic N) is 1. The highest BCUT2D eigenvalue weighted by Gasteiger charge is 2.34. The third kappa shape index (κ3) is 2.69. The average molecular weight is 295 g/mol. The van der Waals surface area contributed by atoms with Crippen LogP contribution in [0.25, 0.3) is 0 Å². The van der Waals surface area contributed by atoms with Gasteiger partial charge in [0.25, 0.3) is 0 Å². The maximum Gasteiger partial charge on any atom is 0.175 e. The highest BCUT2D eigenvalue weighted by Crippen LogP contribution is 2.32. The zero-order chi connectivity index (χ0) is 14.2. The van der Waals surface area contributed by atoms with Gasteiger partial charge in [0, 0.05) is 18.5 Å². The number of hydrogen-bond acceptors (Lipinski definition) is 4. The zero-order valence-corrected chi connectivity index (χ0v) is 12.6. The van der Waals surface area contributed by atoms with Crippen LogP contribution in [0.2, 0.25) is 0 Å². The van der Waals surface area contributed by atoms with Crippen molar-refractivity contribution >= 4 is 15.5 Å². The maximum absolute atomic E-state index is 11.5. The van der Waals surface area contributed by atoms with Crippen molar-refractivity contribution in [2.24, 2.45) is 0 Å². The molecule has 0 amide bonds.